The van der Waals surface area contributed by atoms with Crippen LogP contribution >= 0.6 is 11.6 Å². The van der Waals surface area contributed by atoms with E-state index in [0.717, 1.165) is 5.56 Å². The lowest BCUT2D eigenvalue weighted by molar-refractivity contribution is -0.141. The zero-order valence-corrected chi connectivity index (χ0v) is 11.1. The first kappa shape index (κ1) is 13.8. The Bertz CT molecular complexity index is 531. The fraction of sp³-hybridized carbons (Fsp3) is 0.385. The van der Waals surface area contributed by atoms with Gasteiger partial charge in [0.2, 0.25) is 0 Å². The van der Waals surface area contributed by atoms with Crippen LogP contribution < -0.4 is 0 Å². The van der Waals surface area contributed by atoms with E-state index in [2.05, 4.69) is 0 Å². The number of carbonyl (C=O) groups is 2. The number of hydrogen-bond acceptors (Lipinski definition) is 3. The molecular weight excluding hydrogens is 270 g/mol. The second-order valence-corrected chi connectivity index (χ2v) is 5.07. The van der Waals surface area contributed by atoms with Crippen LogP contribution in [0.5, 0.6) is 0 Å². The molecule has 2 atom stereocenters. The predicted molar refractivity (Wildman–Crippen MR) is 69.3 cm³/mol. The van der Waals surface area contributed by atoms with Gasteiger partial charge in [0.1, 0.15) is 6.04 Å². The zero-order chi connectivity index (χ0) is 14.2. The molecular formula is C13H14ClNO4. The Hall–Kier alpha value is -1.59. The molecule has 0 bridgehead atoms. The molecule has 1 unspecified atom stereocenters. The fourth-order valence-corrected chi connectivity index (χ4v) is 2.33. The lowest BCUT2D eigenvalue weighted by Crippen LogP contribution is -2.40. The number of aliphatic hydroxyl groups is 1. The Morgan fingerprint density at radius 2 is 2.11 bits per heavy atom. The van der Waals surface area contributed by atoms with E-state index in [1.807, 2.05) is 0 Å². The van der Waals surface area contributed by atoms with E-state index in [9.17, 15) is 14.7 Å². The molecule has 1 amide bonds. The Balaban J connectivity index is 2.27. The van der Waals surface area contributed by atoms with Crippen molar-refractivity contribution in [2.24, 2.45) is 0 Å². The van der Waals surface area contributed by atoms with E-state index in [-0.39, 0.29) is 13.0 Å². The summed E-state index contributed by atoms with van der Waals surface area (Å²) in [5.74, 6) is -1.50. The summed E-state index contributed by atoms with van der Waals surface area (Å²) < 4.78 is 0. The Kier molecular flexibility index (Phi) is 3.78. The van der Waals surface area contributed by atoms with E-state index in [4.69, 9.17) is 16.7 Å². The molecule has 6 heteroatoms. The Labute approximate surface area is 115 Å². The van der Waals surface area contributed by atoms with Gasteiger partial charge < -0.3 is 15.1 Å². The first-order valence-electron chi connectivity index (χ1n) is 5.88. The molecule has 19 heavy (non-hydrogen) atoms. The lowest BCUT2D eigenvalue weighted by atomic mass is 10.1. The Morgan fingerprint density at radius 1 is 1.42 bits per heavy atom. The molecule has 2 N–H and O–H groups in total. The molecule has 102 valence electrons. The van der Waals surface area contributed by atoms with Crippen molar-refractivity contribution >= 4 is 23.5 Å². The van der Waals surface area contributed by atoms with Crippen molar-refractivity contribution in [2.45, 2.75) is 25.5 Å². The van der Waals surface area contributed by atoms with Crippen LogP contribution in [0, 0.1) is 6.92 Å². The molecule has 5 nitrogen and oxygen atoms in total. The molecule has 1 aromatic rings. The number of benzene rings is 1. The minimum absolute atomic E-state index is 0.0392. The van der Waals surface area contributed by atoms with Crippen LogP contribution in [0.3, 0.4) is 0 Å². The van der Waals surface area contributed by atoms with Crippen molar-refractivity contribution in [3.63, 3.8) is 0 Å². The predicted octanol–water partition coefficient (Wildman–Crippen LogP) is 1.31. The molecule has 1 saturated heterocycles. The number of rotatable bonds is 2. The number of likely N-dealkylation sites (tertiary alicyclic amines) is 1. The normalized spacial score (nSPS) is 22.6. The molecule has 0 spiro atoms. The number of aryl methyl sites for hydroxylation is 1. The van der Waals surface area contributed by atoms with Crippen LogP contribution in [-0.4, -0.2) is 45.7 Å². The molecule has 1 heterocycles. The van der Waals surface area contributed by atoms with Gasteiger partial charge in [-0.05, 0) is 30.7 Å². The van der Waals surface area contributed by atoms with Crippen LogP contribution in [0.15, 0.2) is 18.2 Å². The third-order valence-electron chi connectivity index (χ3n) is 3.23. The molecule has 1 fully saturated rings. The van der Waals surface area contributed by atoms with Gasteiger partial charge in [-0.2, -0.15) is 0 Å². The van der Waals surface area contributed by atoms with Crippen molar-refractivity contribution in [3.05, 3.63) is 34.3 Å². The third-order valence-corrected chi connectivity index (χ3v) is 3.65. The summed E-state index contributed by atoms with van der Waals surface area (Å²) in [6.45, 7) is 1.81. The van der Waals surface area contributed by atoms with E-state index >= 15 is 0 Å². The lowest BCUT2D eigenvalue weighted by Gasteiger charge is -2.21. The monoisotopic (exact) mass is 283 g/mol. The van der Waals surface area contributed by atoms with Crippen LogP contribution in [0.1, 0.15) is 22.3 Å². The summed E-state index contributed by atoms with van der Waals surface area (Å²) in [6.07, 6.45) is -0.730. The summed E-state index contributed by atoms with van der Waals surface area (Å²) in [5, 5.41) is 19.2. The largest absolute Gasteiger partial charge is 0.480 e. The van der Waals surface area contributed by atoms with E-state index in [1.54, 1.807) is 25.1 Å². The first-order valence-corrected chi connectivity index (χ1v) is 6.26. The van der Waals surface area contributed by atoms with Gasteiger partial charge in [0.15, 0.2) is 0 Å². The van der Waals surface area contributed by atoms with Gasteiger partial charge in [-0.3, -0.25) is 4.79 Å². The van der Waals surface area contributed by atoms with Gasteiger partial charge in [0, 0.05) is 23.6 Å². The minimum atomic E-state index is -1.10. The third kappa shape index (κ3) is 2.72. The summed E-state index contributed by atoms with van der Waals surface area (Å²) in [5.41, 5.74) is 1.13. The van der Waals surface area contributed by atoms with Crippen molar-refractivity contribution in [1.29, 1.82) is 0 Å². The Morgan fingerprint density at radius 3 is 2.68 bits per heavy atom. The van der Waals surface area contributed by atoms with Gasteiger partial charge >= 0.3 is 5.97 Å². The number of carboxylic acid groups (broad SMARTS) is 1. The van der Waals surface area contributed by atoms with Crippen LogP contribution in [0.25, 0.3) is 0 Å². The van der Waals surface area contributed by atoms with Crippen molar-refractivity contribution < 1.29 is 19.8 Å². The highest BCUT2D eigenvalue weighted by molar-refractivity contribution is 6.31. The number of carboxylic acids is 1. The van der Waals surface area contributed by atoms with Crippen molar-refractivity contribution in [2.75, 3.05) is 6.54 Å². The number of amides is 1. The molecule has 0 radical (unpaired) electrons. The first-order chi connectivity index (χ1) is 8.90. The summed E-state index contributed by atoms with van der Waals surface area (Å²) in [6, 6.07) is 3.81. The molecule has 1 aromatic carbocycles. The molecule has 2 rings (SSSR count). The molecule has 0 aromatic heterocycles. The van der Waals surface area contributed by atoms with Crippen LogP contribution in [0.4, 0.5) is 0 Å². The maximum absolute atomic E-state index is 12.3. The van der Waals surface area contributed by atoms with Crippen LogP contribution in [-0.2, 0) is 4.79 Å². The second kappa shape index (κ2) is 5.19. The van der Waals surface area contributed by atoms with Gasteiger partial charge in [-0.25, -0.2) is 4.79 Å². The summed E-state index contributed by atoms with van der Waals surface area (Å²) in [4.78, 5) is 24.6. The smallest absolute Gasteiger partial charge is 0.326 e. The number of aliphatic carboxylic acids is 1. The van der Waals surface area contributed by atoms with Crippen molar-refractivity contribution in [1.82, 2.24) is 4.90 Å². The van der Waals surface area contributed by atoms with E-state index < -0.39 is 24.0 Å². The average Bonchev–Trinajstić information content (AvgIpc) is 2.74. The fourth-order valence-electron chi connectivity index (χ4n) is 2.22. The maximum Gasteiger partial charge on any atom is 0.326 e. The standard InChI is InChI=1S/C13H14ClNO4/c1-7-4-8(2-3-10(7)14)12(17)15-6-9(16)5-11(15)13(18)19/h2-4,9,11,16H,5-6H2,1H3,(H,18,19)/t9?,11-/m0/s1. The topological polar surface area (TPSA) is 77.8 Å². The molecule has 1 aliphatic heterocycles. The number of β-amino-alcohol motifs (C(OH)–C–C–N with tert-alkyl or cyclic N) is 1. The quantitative estimate of drug-likeness (QED) is 0.858. The average molecular weight is 284 g/mol. The summed E-state index contributed by atoms with van der Waals surface area (Å²) in [7, 11) is 0. The van der Waals surface area contributed by atoms with Gasteiger partial charge in [0.05, 0.1) is 6.10 Å². The number of hydrogen-bond donors (Lipinski definition) is 2. The number of aliphatic hydroxyl groups excluding tert-OH is 1. The number of carbonyl (C=O) groups excluding carboxylic acids is 1. The molecule has 0 saturated carbocycles. The molecule has 1 aliphatic rings. The van der Waals surface area contributed by atoms with Gasteiger partial charge in [-0.15, -0.1) is 0 Å². The minimum Gasteiger partial charge on any atom is -0.480 e. The van der Waals surface area contributed by atoms with Crippen LogP contribution in [0.2, 0.25) is 5.02 Å². The van der Waals surface area contributed by atoms with E-state index in [1.165, 1.54) is 4.90 Å². The number of nitrogens with zero attached hydrogens (tertiary/aromatic N) is 1. The SMILES string of the molecule is Cc1cc(C(=O)N2CC(O)C[C@H]2C(=O)O)ccc1Cl. The number of halogens is 1. The summed E-state index contributed by atoms with van der Waals surface area (Å²) >= 11 is 5.89. The maximum atomic E-state index is 12.3. The highest BCUT2D eigenvalue weighted by Crippen LogP contribution is 2.23. The van der Waals surface area contributed by atoms with Gasteiger partial charge in [-0.1, -0.05) is 11.6 Å². The zero-order valence-electron chi connectivity index (χ0n) is 10.3. The highest BCUT2D eigenvalue weighted by atomic mass is 35.5. The molecule has 0 aliphatic carbocycles. The van der Waals surface area contributed by atoms with Gasteiger partial charge in [0.25, 0.3) is 5.91 Å². The van der Waals surface area contributed by atoms with Crippen molar-refractivity contribution in [3.8, 4) is 0 Å². The van der Waals surface area contributed by atoms with E-state index in [0.29, 0.717) is 10.6 Å². The second-order valence-electron chi connectivity index (χ2n) is 4.67. The highest BCUT2D eigenvalue weighted by Gasteiger charge is 2.39.